The Morgan fingerprint density at radius 3 is 2.56 bits per heavy atom. The molecule has 2 N–H and O–H groups in total. The van der Waals surface area contributed by atoms with E-state index in [1.807, 2.05) is 36.4 Å². The highest BCUT2D eigenvalue weighted by Gasteiger charge is 2.58. The van der Waals surface area contributed by atoms with E-state index in [1.54, 1.807) is 12.3 Å². The highest BCUT2D eigenvalue weighted by Crippen LogP contribution is 2.54. The predicted molar refractivity (Wildman–Crippen MR) is 152 cm³/mol. The van der Waals surface area contributed by atoms with Crippen LogP contribution in [0.3, 0.4) is 0 Å². The van der Waals surface area contributed by atoms with Crippen molar-refractivity contribution < 1.29 is 4.79 Å². The summed E-state index contributed by atoms with van der Waals surface area (Å²) in [5, 5.41) is 8.36. The lowest BCUT2D eigenvalue weighted by atomic mass is 9.74. The molecule has 1 aromatic heterocycles. The molecule has 1 fully saturated rings. The first-order chi connectivity index (χ1) is 17.3. The monoisotopic (exact) mass is 581 g/mol. The standard InChI is InChI=1S/C26H24Cl4N4OS/c27-18-5-3-17(4-6-18)2-1-13-34(25(35)33-15-19-14-32-24(30)36-19)16-26(9-11-31-12-10-26)22-21(34)8-7-20(28)23(22)29/h1-8,14,31H,9-13,15-16H2/p+1/b2-1+. The largest absolute Gasteiger partial charge is 0.422 e. The molecule has 1 spiro atoms. The molecule has 188 valence electrons. The van der Waals surface area contributed by atoms with Crippen LogP contribution in [0, 0.1) is 0 Å². The third kappa shape index (κ3) is 4.93. The van der Waals surface area contributed by atoms with Crippen molar-refractivity contribution in [2.45, 2.75) is 24.8 Å². The van der Waals surface area contributed by atoms with E-state index in [2.05, 4.69) is 21.7 Å². The van der Waals surface area contributed by atoms with Gasteiger partial charge in [0.15, 0.2) is 4.47 Å². The third-order valence-electron chi connectivity index (χ3n) is 7.12. The quantitative estimate of drug-likeness (QED) is 0.310. The number of fused-ring (bicyclic) bond motifs is 2. The van der Waals surface area contributed by atoms with Crippen LogP contribution in [0.2, 0.25) is 19.5 Å². The number of carbonyl (C=O) groups excluding carboxylic acids is 1. The molecular weight excluding hydrogens is 558 g/mol. The Labute approximate surface area is 234 Å². The van der Waals surface area contributed by atoms with E-state index in [4.69, 9.17) is 46.4 Å². The minimum atomic E-state index is -0.234. The van der Waals surface area contributed by atoms with Gasteiger partial charge in [0.1, 0.15) is 18.8 Å². The molecule has 1 unspecified atom stereocenters. The van der Waals surface area contributed by atoms with Crippen LogP contribution in [0.1, 0.15) is 28.8 Å². The Morgan fingerprint density at radius 1 is 1.11 bits per heavy atom. The summed E-state index contributed by atoms with van der Waals surface area (Å²) in [5.74, 6) is 0. The number of nitrogens with zero attached hydrogens (tertiary/aromatic N) is 2. The molecule has 3 heterocycles. The number of piperidine rings is 1. The number of urea groups is 1. The molecule has 1 saturated heterocycles. The van der Waals surface area contributed by atoms with Gasteiger partial charge >= 0.3 is 6.03 Å². The van der Waals surface area contributed by atoms with Gasteiger partial charge in [0.25, 0.3) is 0 Å². The fraction of sp³-hybridized carbons (Fsp3) is 0.308. The van der Waals surface area contributed by atoms with Crippen molar-refractivity contribution in [1.82, 2.24) is 20.1 Å². The Morgan fingerprint density at radius 2 is 1.86 bits per heavy atom. The Hall–Kier alpha value is -1.64. The zero-order valence-corrected chi connectivity index (χ0v) is 23.2. The average Bonchev–Trinajstić information content (AvgIpc) is 3.41. The van der Waals surface area contributed by atoms with Gasteiger partial charge in [-0.15, -0.1) is 11.3 Å². The highest BCUT2D eigenvalue weighted by molar-refractivity contribution is 7.15. The molecule has 0 saturated carbocycles. The Bertz CT molecular complexity index is 1300. The van der Waals surface area contributed by atoms with E-state index >= 15 is 0 Å². The average molecular weight is 583 g/mol. The molecule has 0 bridgehead atoms. The van der Waals surface area contributed by atoms with Crippen LogP contribution in [-0.2, 0) is 12.0 Å². The van der Waals surface area contributed by atoms with E-state index < -0.39 is 0 Å². The molecular formula is C26H25Cl4N4OS+. The lowest BCUT2D eigenvalue weighted by molar-refractivity contribution is 0.189. The molecule has 36 heavy (non-hydrogen) atoms. The van der Waals surface area contributed by atoms with Gasteiger partial charge in [0.2, 0.25) is 0 Å². The number of benzene rings is 2. The first-order valence-corrected chi connectivity index (χ1v) is 14.0. The fourth-order valence-electron chi connectivity index (χ4n) is 5.45. The van der Waals surface area contributed by atoms with Crippen molar-refractivity contribution in [3.63, 3.8) is 0 Å². The molecule has 2 aliphatic heterocycles. The van der Waals surface area contributed by atoms with Crippen molar-refractivity contribution in [1.29, 1.82) is 0 Å². The molecule has 2 amide bonds. The van der Waals surface area contributed by atoms with Gasteiger partial charge in [-0.25, -0.2) is 14.3 Å². The number of thiazole rings is 1. The summed E-state index contributed by atoms with van der Waals surface area (Å²) in [6.45, 7) is 3.17. The number of quaternary nitrogens is 1. The third-order valence-corrected chi connectivity index (χ3v) is 9.29. The maximum absolute atomic E-state index is 14.1. The van der Waals surface area contributed by atoms with Crippen LogP contribution in [0.5, 0.6) is 0 Å². The number of halogens is 4. The van der Waals surface area contributed by atoms with E-state index in [0.717, 1.165) is 47.6 Å². The molecule has 1 atom stereocenters. The Balaban J connectivity index is 1.54. The Kier molecular flexibility index (Phi) is 7.66. The number of carbonyl (C=O) groups is 1. The smallest absolute Gasteiger partial charge is 0.317 e. The number of rotatable bonds is 5. The zero-order valence-electron chi connectivity index (χ0n) is 19.4. The van der Waals surface area contributed by atoms with Crippen LogP contribution in [-0.4, -0.2) is 37.2 Å². The molecule has 5 nitrogen and oxygen atoms in total. The van der Waals surface area contributed by atoms with Gasteiger partial charge < -0.3 is 10.6 Å². The maximum Gasteiger partial charge on any atom is 0.422 e. The SMILES string of the molecule is O=C(NCc1cnc(Cl)s1)[N+]1(C/C=C/c2ccc(Cl)cc2)CC2(CCNCC2)c2c1ccc(Cl)c2Cl. The normalized spacial score (nSPS) is 20.7. The molecule has 2 aliphatic rings. The second-order valence-electron chi connectivity index (χ2n) is 9.29. The predicted octanol–water partition coefficient (Wildman–Crippen LogP) is 7.32. The number of hydrogen-bond donors (Lipinski definition) is 2. The van der Waals surface area contributed by atoms with Crippen LogP contribution in [0.15, 0.2) is 48.7 Å². The molecule has 2 aromatic carbocycles. The van der Waals surface area contributed by atoms with E-state index in [9.17, 15) is 4.79 Å². The van der Waals surface area contributed by atoms with Gasteiger partial charge in [-0.3, -0.25) is 0 Å². The second kappa shape index (κ2) is 10.6. The first kappa shape index (κ1) is 26.0. The highest BCUT2D eigenvalue weighted by atomic mass is 35.5. The van der Waals surface area contributed by atoms with Crippen molar-refractivity contribution in [3.05, 3.63) is 84.2 Å². The summed E-state index contributed by atoms with van der Waals surface area (Å²) in [4.78, 5) is 19.1. The van der Waals surface area contributed by atoms with Crippen LogP contribution in [0.25, 0.3) is 6.08 Å². The second-order valence-corrected chi connectivity index (χ2v) is 12.2. The summed E-state index contributed by atoms with van der Waals surface area (Å²) in [7, 11) is 0. The number of nitrogens with one attached hydrogen (secondary N) is 2. The van der Waals surface area contributed by atoms with Gasteiger partial charge in [0.05, 0.1) is 22.0 Å². The van der Waals surface area contributed by atoms with Crippen molar-refractivity contribution in [2.24, 2.45) is 0 Å². The lowest BCUT2D eigenvalue weighted by Gasteiger charge is -2.36. The van der Waals surface area contributed by atoms with E-state index in [0.29, 0.717) is 39.2 Å². The first-order valence-electron chi connectivity index (χ1n) is 11.7. The number of amides is 2. The topological polar surface area (TPSA) is 54.0 Å². The summed E-state index contributed by atoms with van der Waals surface area (Å²) in [5.41, 5.74) is 2.70. The van der Waals surface area contributed by atoms with Crippen molar-refractivity contribution in [3.8, 4) is 0 Å². The molecule has 3 aromatic rings. The molecule has 0 aliphatic carbocycles. The minimum Gasteiger partial charge on any atom is -0.317 e. The minimum absolute atomic E-state index is 0.0877. The van der Waals surface area contributed by atoms with Gasteiger partial charge in [-0.1, -0.05) is 64.6 Å². The summed E-state index contributed by atoms with van der Waals surface area (Å²) in [6.07, 6.45) is 7.55. The van der Waals surface area contributed by atoms with Gasteiger partial charge in [-0.05, 0) is 55.8 Å². The summed E-state index contributed by atoms with van der Waals surface area (Å²) >= 11 is 26.8. The van der Waals surface area contributed by atoms with E-state index in [1.165, 1.54) is 11.3 Å². The maximum atomic E-state index is 14.1. The van der Waals surface area contributed by atoms with E-state index in [-0.39, 0.29) is 15.9 Å². The van der Waals surface area contributed by atoms with Gasteiger partial charge in [-0.2, -0.15) is 0 Å². The zero-order chi connectivity index (χ0) is 25.3. The van der Waals surface area contributed by atoms with Crippen molar-refractivity contribution in [2.75, 3.05) is 26.2 Å². The lowest BCUT2D eigenvalue weighted by Crippen LogP contribution is -2.60. The molecule has 10 heteroatoms. The van der Waals surface area contributed by atoms with Crippen LogP contribution >= 0.6 is 57.7 Å². The van der Waals surface area contributed by atoms with Crippen LogP contribution < -0.4 is 15.1 Å². The number of aromatic nitrogens is 1. The fourth-order valence-corrected chi connectivity index (χ4v) is 7.01. The summed E-state index contributed by atoms with van der Waals surface area (Å²) < 4.78 is 0.568. The van der Waals surface area contributed by atoms with Crippen LogP contribution in [0.4, 0.5) is 10.5 Å². The number of hydrogen-bond acceptors (Lipinski definition) is 4. The molecule has 5 rings (SSSR count). The summed E-state index contributed by atoms with van der Waals surface area (Å²) in [6, 6.07) is 11.3. The molecule has 0 radical (unpaired) electrons. The van der Waals surface area contributed by atoms with Crippen molar-refractivity contribution >= 4 is 75.5 Å². The van der Waals surface area contributed by atoms with Gasteiger partial charge in [0, 0.05) is 27.7 Å².